The number of benzene rings is 1. The fraction of sp³-hybridized carbons (Fsp3) is 0.308. The number of carbonyl (C=O) groups excluding carboxylic acids is 1. The number of aromatic amines is 1. The van der Waals surface area contributed by atoms with Crippen molar-refractivity contribution in [3.05, 3.63) is 35.5 Å². The summed E-state index contributed by atoms with van der Waals surface area (Å²) in [5.41, 5.74) is 10.3. The largest absolute Gasteiger partial charge is 0.358 e. The van der Waals surface area contributed by atoms with E-state index in [4.69, 9.17) is 10.6 Å². The van der Waals surface area contributed by atoms with Crippen molar-refractivity contribution in [2.75, 3.05) is 6.61 Å². The van der Waals surface area contributed by atoms with Crippen LogP contribution in [0.2, 0.25) is 0 Å². The molecule has 2 aromatic rings. The van der Waals surface area contributed by atoms with Crippen LogP contribution in [0, 0.1) is 6.92 Å². The molecule has 0 saturated heterocycles. The number of carbonyl (C=O) groups is 1. The number of aromatic nitrogens is 1. The highest BCUT2D eigenvalue weighted by Crippen LogP contribution is 2.21. The molecule has 0 aliphatic carbocycles. The van der Waals surface area contributed by atoms with Gasteiger partial charge in [0.15, 0.2) is 0 Å². The topological polar surface area (TPSA) is 80.1 Å². The molecule has 1 heterocycles. The Kier molecular flexibility index (Phi) is 3.64. The van der Waals surface area contributed by atoms with E-state index < -0.39 is 0 Å². The number of hydroxylamine groups is 1. The highest BCUT2D eigenvalue weighted by atomic mass is 16.7. The van der Waals surface area contributed by atoms with Gasteiger partial charge < -0.3 is 10.7 Å². The van der Waals surface area contributed by atoms with E-state index in [0.29, 0.717) is 5.56 Å². The van der Waals surface area contributed by atoms with Crippen LogP contribution in [-0.4, -0.2) is 23.5 Å². The lowest BCUT2D eigenvalue weighted by Crippen LogP contribution is -2.31. The molecule has 1 unspecified atom stereocenters. The zero-order valence-corrected chi connectivity index (χ0v) is 10.5. The Morgan fingerprint density at radius 1 is 1.50 bits per heavy atom. The van der Waals surface area contributed by atoms with Gasteiger partial charge in [-0.25, -0.2) is 5.48 Å². The Labute approximate surface area is 105 Å². The zero-order valence-electron chi connectivity index (χ0n) is 10.5. The van der Waals surface area contributed by atoms with Crippen LogP contribution in [0.15, 0.2) is 24.3 Å². The minimum atomic E-state index is -0.259. The van der Waals surface area contributed by atoms with Crippen LogP contribution in [0.1, 0.15) is 23.0 Å². The lowest BCUT2D eigenvalue weighted by atomic mass is 10.1. The Bertz CT molecular complexity index is 560. The van der Waals surface area contributed by atoms with Gasteiger partial charge in [-0.2, -0.15) is 0 Å². The van der Waals surface area contributed by atoms with Crippen LogP contribution in [0.5, 0.6) is 0 Å². The lowest BCUT2D eigenvalue weighted by molar-refractivity contribution is 0.0276. The third-order valence-corrected chi connectivity index (χ3v) is 2.63. The van der Waals surface area contributed by atoms with Crippen LogP contribution >= 0.6 is 0 Å². The van der Waals surface area contributed by atoms with Crippen molar-refractivity contribution in [1.29, 1.82) is 0 Å². The van der Waals surface area contributed by atoms with E-state index in [-0.39, 0.29) is 18.6 Å². The van der Waals surface area contributed by atoms with Crippen molar-refractivity contribution >= 4 is 16.8 Å². The van der Waals surface area contributed by atoms with E-state index in [1.165, 1.54) is 0 Å². The molecule has 96 valence electrons. The summed E-state index contributed by atoms with van der Waals surface area (Å²) in [7, 11) is 0. The fourth-order valence-corrected chi connectivity index (χ4v) is 1.86. The summed E-state index contributed by atoms with van der Waals surface area (Å²) in [5, 5.41) is 0.886. The predicted molar refractivity (Wildman–Crippen MR) is 70.1 cm³/mol. The van der Waals surface area contributed by atoms with E-state index in [0.717, 1.165) is 16.6 Å². The first-order valence-corrected chi connectivity index (χ1v) is 5.84. The SMILES string of the molecule is Cc1[nH]c2ccccc2c1C(=O)NOCC(C)N. The van der Waals surface area contributed by atoms with E-state index in [1.807, 2.05) is 38.1 Å². The maximum atomic E-state index is 12.0. The van der Waals surface area contributed by atoms with Gasteiger partial charge in [0.25, 0.3) is 5.91 Å². The van der Waals surface area contributed by atoms with Gasteiger partial charge in [-0.05, 0) is 19.9 Å². The van der Waals surface area contributed by atoms with Crippen LogP contribution in [0.25, 0.3) is 10.9 Å². The van der Waals surface area contributed by atoms with E-state index in [1.54, 1.807) is 0 Å². The van der Waals surface area contributed by atoms with Gasteiger partial charge in [0, 0.05) is 22.6 Å². The average molecular weight is 247 g/mol. The van der Waals surface area contributed by atoms with E-state index in [2.05, 4.69) is 10.5 Å². The third-order valence-electron chi connectivity index (χ3n) is 2.63. The lowest BCUT2D eigenvalue weighted by Gasteiger charge is -2.07. The minimum absolute atomic E-state index is 0.116. The molecule has 0 aliphatic heterocycles. The number of hydrogen-bond acceptors (Lipinski definition) is 3. The van der Waals surface area contributed by atoms with E-state index >= 15 is 0 Å². The normalized spacial score (nSPS) is 12.6. The maximum Gasteiger partial charge on any atom is 0.277 e. The molecule has 4 N–H and O–H groups in total. The van der Waals surface area contributed by atoms with Gasteiger partial charge in [-0.1, -0.05) is 18.2 Å². The molecule has 5 heteroatoms. The van der Waals surface area contributed by atoms with Gasteiger partial charge in [-0.15, -0.1) is 0 Å². The third kappa shape index (κ3) is 2.52. The quantitative estimate of drug-likeness (QED) is 0.716. The number of rotatable bonds is 4. The van der Waals surface area contributed by atoms with Gasteiger partial charge in [0.2, 0.25) is 0 Å². The summed E-state index contributed by atoms with van der Waals surface area (Å²) in [6, 6.07) is 7.54. The maximum absolute atomic E-state index is 12.0. The number of fused-ring (bicyclic) bond motifs is 1. The second kappa shape index (κ2) is 5.20. The molecule has 0 bridgehead atoms. The van der Waals surface area contributed by atoms with Crippen molar-refractivity contribution in [2.45, 2.75) is 19.9 Å². The molecule has 0 fully saturated rings. The minimum Gasteiger partial charge on any atom is -0.358 e. The number of nitrogens with one attached hydrogen (secondary N) is 2. The molecule has 2 rings (SSSR count). The number of hydrogen-bond donors (Lipinski definition) is 3. The van der Waals surface area contributed by atoms with Gasteiger partial charge in [-0.3, -0.25) is 9.63 Å². The highest BCUT2D eigenvalue weighted by molar-refractivity contribution is 6.07. The average Bonchev–Trinajstić information content (AvgIpc) is 2.64. The Balaban J connectivity index is 2.19. The van der Waals surface area contributed by atoms with Crippen LogP contribution in [0.3, 0.4) is 0 Å². The summed E-state index contributed by atoms with van der Waals surface area (Å²) in [6.45, 7) is 3.96. The highest BCUT2D eigenvalue weighted by Gasteiger charge is 2.15. The first-order valence-electron chi connectivity index (χ1n) is 5.84. The van der Waals surface area contributed by atoms with Gasteiger partial charge in [0.05, 0.1) is 12.2 Å². The molecule has 18 heavy (non-hydrogen) atoms. The van der Waals surface area contributed by atoms with Crippen molar-refractivity contribution in [3.63, 3.8) is 0 Å². The van der Waals surface area contributed by atoms with E-state index in [9.17, 15) is 4.79 Å². The number of nitrogens with two attached hydrogens (primary N) is 1. The smallest absolute Gasteiger partial charge is 0.277 e. The van der Waals surface area contributed by atoms with Crippen molar-refractivity contribution in [1.82, 2.24) is 10.5 Å². The first-order chi connectivity index (χ1) is 8.59. The Morgan fingerprint density at radius 3 is 2.94 bits per heavy atom. The number of H-pyrrole nitrogens is 1. The molecule has 0 aliphatic rings. The predicted octanol–water partition coefficient (Wildman–Crippen LogP) is 1.48. The number of para-hydroxylation sites is 1. The standard InChI is InChI=1S/C13H17N3O2/c1-8(14)7-18-16-13(17)12-9(2)15-11-6-4-3-5-10(11)12/h3-6,8,15H,7,14H2,1-2H3,(H,16,17). The molecule has 1 aromatic heterocycles. The van der Waals surface area contributed by atoms with Crippen molar-refractivity contribution < 1.29 is 9.63 Å². The summed E-state index contributed by atoms with van der Waals surface area (Å²) < 4.78 is 0. The summed E-state index contributed by atoms with van der Waals surface area (Å²) >= 11 is 0. The Hall–Kier alpha value is -1.85. The zero-order chi connectivity index (χ0) is 13.1. The molecule has 1 aromatic carbocycles. The number of amides is 1. The molecule has 0 saturated carbocycles. The molecular weight excluding hydrogens is 230 g/mol. The van der Waals surface area contributed by atoms with Crippen LogP contribution < -0.4 is 11.2 Å². The van der Waals surface area contributed by atoms with Crippen molar-refractivity contribution in [3.8, 4) is 0 Å². The summed E-state index contributed by atoms with van der Waals surface area (Å²) in [6.07, 6.45) is 0. The van der Waals surface area contributed by atoms with Gasteiger partial charge in [0.1, 0.15) is 0 Å². The molecule has 0 radical (unpaired) electrons. The van der Waals surface area contributed by atoms with Crippen molar-refractivity contribution in [2.24, 2.45) is 5.73 Å². The molecular formula is C13H17N3O2. The number of aryl methyl sites for hydroxylation is 1. The fourth-order valence-electron chi connectivity index (χ4n) is 1.86. The molecule has 0 spiro atoms. The summed E-state index contributed by atoms with van der Waals surface area (Å²) in [5.74, 6) is -0.259. The Morgan fingerprint density at radius 2 is 2.22 bits per heavy atom. The summed E-state index contributed by atoms with van der Waals surface area (Å²) in [4.78, 5) is 20.2. The first kappa shape index (κ1) is 12.6. The molecule has 1 amide bonds. The molecule has 5 nitrogen and oxygen atoms in total. The van der Waals surface area contributed by atoms with Gasteiger partial charge >= 0.3 is 0 Å². The monoisotopic (exact) mass is 247 g/mol. The second-order valence-electron chi connectivity index (χ2n) is 4.39. The van der Waals surface area contributed by atoms with Crippen LogP contribution in [0.4, 0.5) is 0 Å². The molecule has 1 atom stereocenters. The van der Waals surface area contributed by atoms with Crippen LogP contribution in [-0.2, 0) is 4.84 Å². The second-order valence-corrected chi connectivity index (χ2v) is 4.39.